The third-order valence-corrected chi connectivity index (χ3v) is 5.93. The molecule has 1 N–H and O–H groups in total. The Bertz CT molecular complexity index is 300. The molecule has 0 saturated heterocycles. The largest absolute Gasteiger partial charge is 0.362 e. The van der Waals surface area contributed by atoms with Gasteiger partial charge in [0.2, 0.25) is 0 Å². The van der Waals surface area contributed by atoms with Crippen LogP contribution in [0.25, 0.3) is 0 Å². The fourth-order valence-electron chi connectivity index (χ4n) is 3.40. The van der Waals surface area contributed by atoms with Crippen molar-refractivity contribution in [2.45, 2.75) is 50.8 Å². The van der Waals surface area contributed by atoms with Gasteiger partial charge in [0.1, 0.15) is 0 Å². The summed E-state index contributed by atoms with van der Waals surface area (Å²) in [7, 11) is 0. The first-order valence-electron chi connectivity index (χ1n) is 6.70. The third kappa shape index (κ3) is 1.99. The van der Waals surface area contributed by atoms with E-state index in [1.54, 1.807) is 0 Å². The lowest BCUT2D eigenvalue weighted by molar-refractivity contribution is 0.392. The summed E-state index contributed by atoms with van der Waals surface area (Å²) in [4.78, 5) is 4.65. The summed E-state index contributed by atoms with van der Waals surface area (Å²) in [6, 6.07) is 0.746. The Labute approximate surface area is 103 Å². The molecule has 2 bridgehead atoms. The lowest BCUT2D eigenvalue weighted by Gasteiger charge is -2.23. The molecule has 3 heteroatoms. The monoisotopic (exact) mass is 238 g/mol. The van der Waals surface area contributed by atoms with Gasteiger partial charge in [0, 0.05) is 11.3 Å². The predicted octanol–water partition coefficient (Wildman–Crippen LogP) is 2.89. The summed E-state index contributed by atoms with van der Waals surface area (Å²) in [5.41, 5.74) is 0. The molecule has 0 aromatic heterocycles. The molecule has 2 aliphatic carbocycles. The van der Waals surface area contributed by atoms with Crippen LogP contribution in [-0.4, -0.2) is 23.0 Å². The molecule has 0 aromatic carbocycles. The fourth-order valence-corrected chi connectivity index (χ4v) is 4.47. The zero-order valence-electron chi connectivity index (χ0n) is 10.3. The van der Waals surface area contributed by atoms with Crippen LogP contribution in [0.1, 0.15) is 39.5 Å². The Morgan fingerprint density at radius 1 is 1.31 bits per heavy atom. The highest BCUT2D eigenvalue weighted by atomic mass is 32.2. The van der Waals surface area contributed by atoms with Crippen molar-refractivity contribution in [1.29, 1.82) is 0 Å². The molecular formula is C13H22N2S. The predicted molar refractivity (Wildman–Crippen MR) is 70.9 cm³/mol. The molecule has 4 atom stereocenters. The second kappa shape index (κ2) is 4.25. The zero-order chi connectivity index (χ0) is 11.1. The minimum Gasteiger partial charge on any atom is -0.362 e. The van der Waals surface area contributed by atoms with Crippen LogP contribution in [-0.2, 0) is 0 Å². The number of aliphatic imine (C=N–C) groups is 1. The highest BCUT2D eigenvalue weighted by Crippen LogP contribution is 2.44. The minimum absolute atomic E-state index is 0.709. The number of fused-ring (bicyclic) bond motifs is 2. The summed E-state index contributed by atoms with van der Waals surface area (Å²) in [5, 5.41) is 5.65. The molecule has 16 heavy (non-hydrogen) atoms. The molecule has 3 aliphatic rings. The first kappa shape index (κ1) is 10.9. The molecule has 2 nitrogen and oxygen atoms in total. The molecule has 3 rings (SSSR count). The van der Waals surface area contributed by atoms with Crippen LogP contribution in [0.4, 0.5) is 0 Å². The Morgan fingerprint density at radius 3 is 2.75 bits per heavy atom. The van der Waals surface area contributed by atoms with E-state index in [0.29, 0.717) is 5.25 Å². The Hall–Kier alpha value is -0.180. The average Bonchev–Trinajstić information content (AvgIpc) is 2.91. The van der Waals surface area contributed by atoms with Crippen LogP contribution in [0.15, 0.2) is 4.99 Å². The second-order valence-corrected chi connectivity index (χ2v) is 7.20. The minimum atomic E-state index is 0.709. The molecule has 1 aliphatic heterocycles. The lowest BCUT2D eigenvalue weighted by Crippen LogP contribution is -2.36. The van der Waals surface area contributed by atoms with Crippen LogP contribution in [0, 0.1) is 17.8 Å². The van der Waals surface area contributed by atoms with E-state index in [1.165, 1.54) is 30.9 Å². The molecule has 0 radical (unpaired) electrons. The van der Waals surface area contributed by atoms with Crippen molar-refractivity contribution in [2.24, 2.45) is 22.7 Å². The summed E-state index contributed by atoms with van der Waals surface area (Å²) in [6.45, 7) is 5.62. The molecule has 0 spiro atoms. The maximum atomic E-state index is 4.65. The van der Waals surface area contributed by atoms with Gasteiger partial charge in [0.25, 0.3) is 0 Å². The van der Waals surface area contributed by atoms with Gasteiger partial charge in [-0.05, 0) is 37.0 Å². The van der Waals surface area contributed by atoms with Crippen molar-refractivity contribution in [2.75, 3.05) is 6.54 Å². The van der Waals surface area contributed by atoms with Crippen LogP contribution in [0.5, 0.6) is 0 Å². The van der Waals surface area contributed by atoms with Gasteiger partial charge in [-0.25, -0.2) is 0 Å². The summed E-state index contributed by atoms with van der Waals surface area (Å²) < 4.78 is 0. The van der Waals surface area contributed by atoms with Crippen molar-refractivity contribution in [3.8, 4) is 0 Å². The van der Waals surface area contributed by atoms with Crippen LogP contribution in [0.2, 0.25) is 0 Å². The highest BCUT2D eigenvalue weighted by Gasteiger charge is 2.40. The smallest absolute Gasteiger partial charge is 0.157 e. The molecule has 1 heterocycles. The number of thioether (sulfide) groups is 1. The SMILES string of the molecule is CC(C)C1CN=C(NC2CC3CCC2C3)S1. The quantitative estimate of drug-likeness (QED) is 0.800. The average molecular weight is 238 g/mol. The van der Waals surface area contributed by atoms with E-state index in [9.17, 15) is 0 Å². The Kier molecular flexibility index (Phi) is 2.90. The Morgan fingerprint density at radius 2 is 2.19 bits per heavy atom. The number of nitrogens with one attached hydrogen (secondary N) is 1. The molecule has 2 fully saturated rings. The van der Waals surface area contributed by atoms with Gasteiger partial charge < -0.3 is 5.32 Å². The molecular weight excluding hydrogens is 216 g/mol. The molecule has 2 saturated carbocycles. The highest BCUT2D eigenvalue weighted by molar-refractivity contribution is 8.14. The zero-order valence-corrected chi connectivity index (χ0v) is 11.1. The molecule has 0 amide bonds. The van der Waals surface area contributed by atoms with Crippen molar-refractivity contribution < 1.29 is 0 Å². The number of nitrogens with zero attached hydrogens (tertiary/aromatic N) is 1. The standard InChI is InChI=1S/C13H22N2S/c1-8(2)12-7-14-13(16-12)15-11-6-9-3-4-10(11)5-9/h8-12H,3-7H2,1-2H3,(H,14,15). The fraction of sp³-hybridized carbons (Fsp3) is 0.923. The van der Waals surface area contributed by atoms with Crippen molar-refractivity contribution in [1.82, 2.24) is 5.32 Å². The summed E-state index contributed by atoms with van der Waals surface area (Å²) in [6.07, 6.45) is 5.81. The normalized spacial score (nSPS) is 41.8. The molecule has 90 valence electrons. The van der Waals surface area contributed by atoms with Crippen LogP contribution < -0.4 is 5.32 Å². The van der Waals surface area contributed by atoms with Crippen molar-refractivity contribution in [3.63, 3.8) is 0 Å². The Balaban J connectivity index is 1.53. The number of hydrogen-bond acceptors (Lipinski definition) is 3. The first-order valence-corrected chi connectivity index (χ1v) is 7.58. The van der Waals surface area contributed by atoms with E-state index < -0.39 is 0 Å². The topological polar surface area (TPSA) is 24.4 Å². The van der Waals surface area contributed by atoms with Gasteiger partial charge in [0.15, 0.2) is 5.17 Å². The third-order valence-electron chi connectivity index (χ3n) is 4.47. The van der Waals surface area contributed by atoms with E-state index in [0.717, 1.165) is 30.3 Å². The van der Waals surface area contributed by atoms with E-state index >= 15 is 0 Å². The number of rotatable bonds is 2. The molecule has 4 unspecified atom stereocenters. The van der Waals surface area contributed by atoms with Crippen molar-refractivity contribution in [3.05, 3.63) is 0 Å². The summed E-state index contributed by atoms with van der Waals surface area (Å²) in [5.74, 6) is 2.72. The van der Waals surface area contributed by atoms with Crippen molar-refractivity contribution >= 4 is 16.9 Å². The maximum Gasteiger partial charge on any atom is 0.157 e. The number of hydrogen-bond donors (Lipinski definition) is 1. The number of amidine groups is 1. The maximum absolute atomic E-state index is 4.65. The van der Waals surface area contributed by atoms with E-state index in [2.05, 4.69) is 24.2 Å². The van der Waals surface area contributed by atoms with Gasteiger partial charge in [-0.1, -0.05) is 32.0 Å². The molecule has 0 aromatic rings. The van der Waals surface area contributed by atoms with E-state index in [-0.39, 0.29) is 0 Å². The van der Waals surface area contributed by atoms with Crippen LogP contribution in [0.3, 0.4) is 0 Å². The van der Waals surface area contributed by atoms with Crippen LogP contribution >= 0.6 is 11.8 Å². The summed E-state index contributed by atoms with van der Waals surface area (Å²) >= 11 is 1.97. The van der Waals surface area contributed by atoms with E-state index in [1.807, 2.05) is 11.8 Å². The van der Waals surface area contributed by atoms with Gasteiger partial charge in [-0.2, -0.15) is 0 Å². The van der Waals surface area contributed by atoms with E-state index in [4.69, 9.17) is 0 Å². The van der Waals surface area contributed by atoms with Gasteiger partial charge in [0.05, 0.1) is 6.54 Å². The first-order chi connectivity index (χ1) is 7.72. The van der Waals surface area contributed by atoms with Gasteiger partial charge >= 0.3 is 0 Å². The lowest BCUT2D eigenvalue weighted by atomic mass is 9.96. The second-order valence-electron chi connectivity index (χ2n) is 5.97. The van der Waals surface area contributed by atoms with Gasteiger partial charge in [-0.15, -0.1) is 0 Å². The van der Waals surface area contributed by atoms with Gasteiger partial charge in [-0.3, -0.25) is 4.99 Å².